The van der Waals surface area contributed by atoms with E-state index < -0.39 is 6.04 Å². The van der Waals surface area contributed by atoms with Gasteiger partial charge in [-0.25, -0.2) is 4.79 Å². The van der Waals surface area contributed by atoms with Gasteiger partial charge in [-0.05, 0) is 31.8 Å². The number of nitrogens with zero attached hydrogens (tertiary/aromatic N) is 1. The van der Waals surface area contributed by atoms with Crippen LogP contribution in [0.3, 0.4) is 0 Å². The number of hydrogen-bond donors (Lipinski definition) is 1. The van der Waals surface area contributed by atoms with Crippen molar-refractivity contribution in [1.29, 1.82) is 0 Å². The van der Waals surface area contributed by atoms with Gasteiger partial charge in [0.2, 0.25) is 6.79 Å². The number of carbonyl (C=O) groups excluding carboxylic acids is 1. The van der Waals surface area contributed by atoms with Crippen molar-refractivity contribution in [2.45, 2.75) is 6.04 Å². The molecule has 0 saturated carbocycles. The summed E-state index contributed by atoms with van der Waals surface area (Å²) >= 11 is 6.16. The van der Waals surface area contributed by atoms with Gasteiger partial charge >= 0.3 is 5.97 Å². The molecule has 1 aliphatic heterocycles. The third-order valence-corrected chi connectivity index (χ3v) is 3.41. The summed E-state index contributed by atoms with van der Waals surface area (Å²) in [5, 5.41) is 3.58. The molecule has 21 heavy (non-hydrogen) atoms. The number of hydrogen-bond acceptors (Lipinski definition) is 6. The van der Waals surface area contributed by atoms with Crippen molar-refractivity contribution in [3.05, 3.63) is 22.7 Å². The minimum atomic E-state index is -0.595. The molecule has 1 aromatic carbocycles. The summed E-state index contributed by atoms with van der Waals surface area (Å²) in [5.74, 6) is 0.682. The van der Waals surface area contributed by atoms with Crippen molar-refractivity contribution in [1.82, 2.24) is 10.2 Å². The van der Waals surface area contributed by atoms with Gasteiger partial charge in [0.1, 0.15) is 6.04 Å². The van der Waals surface area contributed by atoms with E-state index in [1.807, 2.05) is 19.0 Å². The Balaban J connectivity index is 2.20. The minimum absolute atomic E-state index is 0.134. The first kappa shape index (κ1) is 15.9. The van der Waals surface area contributed by atoms with Crippen LogP contribution >= 0.6 is 11.6 Å². The van der Waals surface area contributed by atoms with Crippen LogP contribution in [-0.4, -0.2) is 52.0 Å². The Labute approximate surface area is 128 Å². The van der Waals surface area contributed by atoms with E-state index in [1.54, 1.807) is 12.1 Å². The highest BCUT2D eigenvalue weighted by Gasteiger charge is 2.26. The molecule has 1 N–H and O–H groups in total. The number of esters is 1. The fraction of sp³-hybridized carbons (Fsp3) is 0.500. The first-order valence-electron chi connectivity index (χ1n) is 6.58. The Morgan fingerprint density at radius 1 is 1.48 bits per heavy atom. The minimum Gasteiger partial charge on any atom is -0.468 e. The van der Waals surface area contributed by atoms with Gasteiger partial charge in [0.15, 0.2) is 11.5 Å². The second-order valence-electron chi connectivity index (χ2n) is 4.95. The van der Waals surface area contributed by atoms with Crippen molar-refractivity contribution < 1.29 is 19.0 Å². The first-order chi connectivity index (χ1) is 10.0. The Bertz CT molecular complexity index is 522. The second-order valence-corrected chi connectivity index (χ2v) is 5.36. The molecule has 2 rings (SSSR count). The lowest BCUT2D eigenvalue weighted by Crippen LogP contribution is -2.34. The van der Waals surface area contributed by atoms with Gasteiger partial charge < -0.3 is 19.1 Å². The van der Waals surface area contributed by atoms with E-state index in [9.17, 15) is 4.79 Å². The summed E-state index contributed by atoms with van der Waals surface area (Å²) in [5.41, 5.74) is 0.690. The zero-order valence-electron chi connectivity index (χ0n) is 12.3. The molecule has 0 aliphatic carbocycles. The molecule has 6 nitrogen and oxygen atoms in total. The molecule has 0 saturated heterocycles. The number of ether oxygens (including phenoxy) is 3. The van der Waals surface area contributed by atoms with Gasteiger partial charge in [-0.2, -0.15) is 0 Å². The number of benzene rings is 1. The van der Waals surface area contributed by atoms with Gasteiger partial charge in [-0.1, -0.05) is 11.6 Å². The molecule has 0 fully saturated rings. The summed E-state index contributed by atoms with van der Waals surface area (Å²) in [4.78, 5) is 14.0. The van der Waals surface area contributed by atoms with Crippen LogP contribution in [0.1, 0.15) is 11.6 Å². The number of nitrogens with one attached hydrogen (secondary N) is 1. The first-order valence-corrected chi connectivity index (χ1v) is 6.95. The Hall–Kier alpha value is -1.50. The number of halogens is 1. The average molecular weight is 315 g/mol. The zero-order valence-corrected chi connectivity index (χ0v) is 13.1. The van der Waals surface area contributed by atoms with E-state index in [0.717, 1.165) is 6.54 Å². The van der Waals surface area contributed by atoms with Crippen molar-refractivity contribution in [3.63, 3.8) is 0 Å². The SMILES string of the molecule is COC(=O)C(NCCN(C)C)c1cc(Cl)c2c(c1)OCO2. The molecule has 1 aromatic rings. The van der Waals surface area contributed by atoms with Crippen LogP contribution in [0.25, 0.3) is 0 Å². The van der Waals surface area contributed by atoms with E-state index >= 15 is 0 Å². The van der Waals surface area contributed by atoms with Crippen LogP contribution in [0.2, 0.25) is 5.02 Å². The van der Waals surface area contributed by atoms with Gasteiger partial charge in [0, 0.05) is 13.1 Å². The third-order valence-electron chi connectivity index (χ3n) is 3.13. The lowest BCUT2D eigenvalue weighted by Gasteiger charge is -2.19. The van der Waals surface area contributed by atoms with Crippen LogP contribution < -0.4 is 14.8 Å². The Morgan fingerprint density at radius 2 is 2.24 bits per heavy atom. The highest BCUT2D eigenvalue weighted by molar-refractivity contribution is 6.32. The van der Waals surface area contributed by atoms with Gasteiger partial charge in [0.05, 0.1) is 12.1 Å². The number of rotatable bonds is 6. The van der Waals surface area contributed by atoms with Gasteiger partial charge in [0.25, 0.3) is 0 Å². The molecule has 0 bridgehead atoms. The van der Waals surface area contributed by atoms with Gasteiger partial charge in [-0.15, -0.1) is 0 Å². The standard InChI is InChI=1S/C14H19ClN2O4/c1-17(2)5-4-16-12(14(18)19-3)9-6-10(15)13-11(7-9)20-8-21-13/h6-7,12,16H,4-5,8H2,1-3H3. The molecule has 1 unspecified atom stereocenters. The third kappa shape index (κ3) is 3.78. The number of likely N-dealkylation sites (N-methyl/N-ethyl adjacent to an activating group) is 1. The topological polar surface area (TPSA) is 60.0 Å². The molecular weight excluding hydrogens is 296 g/mol. The van der Waals surface area contributed by atoms with Crippen molar-refractivity contribution in [2.24, 2.45) is 0 Å². The van der Waals surface area contributed by atoms with Crippen LogP contribution in [-0.2, 0) is 9.53 Å². The van der Waals surface area contributed by atoms with E-state index in [-0.39, 0.29) is 12.8 Å². The molecule has 7 heteroatoms. The summed E-state index contributed by atoms with van der Waals surface area (Å²) in [6.07, 6.45) is 0. The molecular formula is C14H19ClN2O4. The maximum Gasteiger partial charge on any atom is 0.327 e. The van der Waals surface area contributed by atoms with Crippen molar-refractivity contribution in [3.8, 4) is 11.5 Å². The average Bonchev–Trinajstić information content (AvgIpc) is 2.91. The summed E-state index contributed by atoms with van der Waals surface area (Å²) < 4.78 is 15.5. The lowest BCUT2D eigenvalue weighted by molar-refractivity contribution is -0.143. The molecule has 0 radical (unpaired) electrons. The highest BCUT2D eigenvalue weighted by atomic mass is 35.5. The molecule has 0 amide bonds. The summed E-state index contributed by atoms with van der Waals surface area (Å²) in [6, 6.07) is 2.85. The summed E-state index contributed by atoms with van der Waals surface area (Å²) in [7, 11) is 5.29. The van der Waals surface area contributed by atoms with Crippen LogP contribution in [0.5, 0.6) is 11.5 Å². The lowest BCUT2D eigenvalue weighted by atomic mass is 10.1. The van der Waals surface area contributed by atoms with E-state index in [4.69, 9.17) is 25.8 Å². The highest BCUT2D eigenvalue weighted by Crippen LogP contribution is 2.41. The fourth-order valence-corrected chi connectivity index (χ4v) is 2.32. The quantitative estimate of drug-likeness (QED) is 0.802. The van der Waals surface area contributed by atoms with Crippen LogP contribution in [0.4, 0.5) is 0 Å². The van der Waals surface area contributed by atoms with E-state index in [2.05, 4.69) is 5.32 Å². The van der Waals surface area contributed by atoms with E-state index in [1.165, 1.54) is 7.11 Å². The number of carbonyl (C=O) groups is 1. The molecule has 116 valence electrons. The van der Waals surface area contributed by atoms with Crippen LogP contribution in [0.15, 0.2) is 12.1 Å². The Kier molecular flexibility index (Phi) is 5.27. The number of fused-ring (bicyclic) bond motifs is 1. The fourth-order valence-electron chi connectivity index (χ4n) is 2.04. The maximum atomic E-state index is 12.0. The zero-order chi connectivity index (χ0) is 15.4. The Morgan fingerprint density at radius 3 is 2.90 bits per heavy atom. The molecule has 1 heterocycles. The predicted molar refractivity (Wildman–Crippen MR) is 78.9 cm³/mol. The smallest absolute Gasteiger partial charge is 0.327 e. The van der Waals surface area contributed by atoms with Crippen molar-refractivity contribution >= 4 is 17.6 Å². The second kappa shape index (κ2) is 6.98. The van der Waals surface area contributed by atoms with Gasteiger partial charge in [-0.3, -0.25) is 5.32 Å². The molecule has 0 spiro atoms. The molecule has 1 aliphatic rings. The number of methoxy groups -OCH3 is 1. The summed E-state index contributed by atoms with van der Waals surface area (Å²) in [6.45, 7) is 1.57. The van der Waals surface area contributed by atoms with Crippen molar-refractivity contribution in [2.75, 3.05) is 41.1 Å². The molecule has 1 atom stereocenters. The van der Waals surface area contributed by atoms with E-state index in [0.29, 0.717) is 28.6 Å². The largest absolute Gasteiger partial charge is 0.468 e. The predicted octanol–water partition coefficient (Wildman–Crippen LogP) is 1.43. The van der Waals surface area contributed by atoms with Crippen LogP contribution in [0, 0.1) is 0 Å². The maximum absolute atomic E-state index is 12.0. The monoisotopic (exact) mass is 314 g/mol. The molecule has 0 aromatic heterocycles. The normalized spacial score (nSPS) is 14.3.